The lowest BCUT2D eigenvalue weighted by molar-refractivity contribution is 0.0601. The second-order valence-electron chi connectivity index (χ2n) is 5.17. The third-order valence-electron chi connectivity index (χ3n) is 3.48. The Morgan fingerprint density at radius 3 is 2.68 bits per heavy atom. The van der Waals surface area contributed by atoms with E-state index in [0.29, 0.717) is 29.3 Å². The molecule has 0 amide bonds. The van der Waals surface area contributed by atoms with Crippen molar-refractivity contribution in [1.29, 1.82) is 0 Å². The molecule has 0 aliphatic heterocycles. The summed E-state index contributed by atoms with van der Waals surface area (Å²) in [5.41, 5.74) is 8.56. The molecule has 0 atom stereocenters. The first-order valence-electron chi connectivity index (χ1n) is 7.47. The molecule has 3 rings (SSSR count). The van der Waals surface area contributed by atoms with Gasteiger partial charge in [0.25, 0.3) is 0 Å². The van der Waals surface area contributed by atoms with Crippen LogP contribution in [0.1, 0.15) is 15.9 Å². The van der Waals surface area contributed by atoms with Crippen LogP contribution in [-0.4, -0.2) is 27.8 Å². The number of nitrogens with two attached hydrogens (primary N) is 1. The highest BCUT2D eigenvalue weighted by Gasteiger charge is 2.08. The number of esters is 1. The van der Waals surface area contributed by atoms with E-state index in [4.69, 9.17) is 5.73 Å². The summed E-state index contributed by atoms with van der Waals surface area (Å²) in [6.07, 6.45) is 5.02. The highest BCUT2D eigenvalue weighted by atomic mass is 16.5. The molecule has 0 spiro atoms. The van der Waals surface area contributed by atoms with Crippen molar-refractivity contribution in [3.05, 3.63) is 66.1 Å². The van der Waals surface area contributed by atoms with E-state index < -0.39 is 5.97 Å². The third kappa shape index (κ3) is 3.86. The number of nitrogens with zero attached hydrogens (tertiary/aromatic N) is 5. The van der Waals surface area contributed by atoms with Gasteiger partial charge >= 0.3 is 5.97 Å². The monoisotopic (exact) mass is 336 g/mol. The zero-order chi connectivity index (χ0) is 17.6. The summed E-state index contributed by atoms with van der Waals surface area (Å²) in [6.45, 7) is 0.503. The van der Waals surface area contributed by atoms with Gasteiger partial charge in [-0.3, -0.25) is 4.98 Å². The van der Waals surface area contributed by atoms with Gasteiger partial charge in [0.1, 0.15) is 11.5 Å². The molecule has 8 nitrogen and oxygen atoms in total. The van der Waals surface area contributed by atoms with E-state index in [1.54, 1.807) is 47.5 Å². The number of pyridine rings is 1. The van der Waals surface area contributed by atoms with E-state index in [1.807, 2.05) is 12.1 Å². The maximum atomic E-state index is 11.4. The first-order valence-corrected chi connectivity index (χ1v) is 7.47. The molecule has 0 aliphatic carbocycles. The molecule has 8 heteroatoms. The predicted octanol–water partition coefficient (Wildman–Crippen LogP) is 3.11. The molecule has 0 radical (unpaired) electrons. The third-order valence-corrected chi connectivity index (χ3v) is 3.48. The summed E-state index contributed by atoms with van der Waals surface area (Å²) in [7, 11) is 1.34. The minimum Gasteiger partial charge on any atom is -0.465 e. The number of aromatic nitrogens is 3. The number of carbonyl (C=O) groups is 1. The van der Waals surface area contributed by atoms with Crippen molar-refractivity contribution < 1.29 is 9.53 Å². The summed E-state index contributed by atoms with van der Waals surface area (Å²) in [5, 5.41) is 12.4. The first kappa shape index (κ1) is 16.3. The molecule has 126 valence electrons. The Kier molecular flexibility index (Phi) is 4.79. The van der Waals surface area contributed by atoms with E-state index in [-0.39, 0.29) is 0 Å². The van der Waals surface area contributed by atoms with Crippen LogP contribution in [0.3, 0.4) is 0 Å². The van der Waals surface area contributed by atoms with Gasteiger partial charge in [-0.15, -0.1) is 5.11 Å². The van der Waals surface area contributed by atoms with Crippen LogP contribution in [-0.2, 0) is 11.3 Å². The largest absolute Gasteiger partial charge is 0.465 e. The quantitative estimate of drug-likeness (QED) is 0.569. The number of benzene rings is 1. The summed E-state index contributed by atoms with van der Waals surface area (Å²) >= 11 is 0. The van der Waals surface area contributed by atoms with Crippen LogP contribution in [0.15, 0.2) is 65.2 Å². The number of azo groups is 1. The van der Waals surface area contributed by atoms with Crippen LogP contribution >= 0.6 is 0 Å². The van der Waals surface area contributed by atoms with Crippen molar-refractivity contribution in [2.45, 2.75) is 6.54 Å². The fraction of sp³-hybridized carbons (Fsp3) is 0.118. The summed E-state index contributed by atoms with van der Waals surface area (Å²) in [4.78, 5) is 15.5. The van der Waals surface area contributed by atoms with Crippen molar-refractivity contribution >= 4 is 23.2 Å². The van der Waals surface area contributed by atoms with Gasteiger partial charge in [0.05, 0.1) is 31.1 Å². The maximum absolute atomic E-state index is 11.4. The molecule has 2 N–H and O–H groups in total. The average Bonchev–Trinajstić information content (AvgIpc) is 3.00. The lowest BCUT2D eigenvalue weighted by Crippen LogP contribution is -2.05. The molecule has 0 unspecified atom stereocenters. The maximum Gasteiger partial charge on any atom is 0.337 e. The summed E-state index contributed by atoms with van der Waals surface area (Å²) in [5.74, 6) is 0.0168. The van der Waals surface area contributed by atoms with Crippen LogP contribution in [0.4, 0.5) is 17.2 Å². The minimum atomic E-state index is -0.399. The van der Waals surface area contributed by atoms with Gasteiger partial charge in [0, 0.05) is 12.4 Å². The topological polar surface area (TPSA) is 108 Å². The van der Waals surface area contributed by atoms with Gasteiger partial charge in [-0.05, 0) is 35.9 Å². The number of hydrogen-bond donors (Lipinski definition) is 1. The molecule has 0 saturated carbocycles. The molecule has 2 heterocycles. The number of carbonyl (C=O) groups excluding carboxylic acids is 1. The number of methoxy groups -OCH3 is 1. The molecular formula is C17H16N6O2. The second kappa shape index (κ2) is 7.35. The Labute approximate surface area is 144 Å². The Bertz CT molecular complexity index is 887. The van der Waals surface area contributed by atoms with E-state index in [9.17, 15) is 4.79 Å². The highest BCUT2D eigenvalue weighted by Crippen LogP contribution is 2.24. The molecular weight excluding hydrogens is 320 g/mol. The standard InChI is InChI=1S/C17H16N6O2/c1-25-17(24)13-4-6-14(7-5-13)21-22-15-10-20-23(16(15)18)11-12-3-2-8-19-9-12/h2-10H,11,18H2,1H3/b22-21+. The number of rotatable bonds is 5. The van der Waals surface area contributed by atoms with Crippen molar-refractivity contribution in [3.8, 4) is 0 Å². The zero-order valence-corrected chi connectivity index (χ0v) is 13.5. The number of hydrogen-bond acceptors (Lipinski definition) is 7. The van der Waals surface area contributed by atoms with Gasteiger partial charge in [-0.2, -0.15) is 10.2 Å². The summed E-state index contributed by atoms with van der Waals surface area (Å²) in [6, 6.07) is 10.4. The van der Waals surface area contributed by atoms with Crippen LogP contribution < -0.4 is 5.73 Å². The van der Waals surface area contributed by atoms with E-state index in [2.05, 4.69) is 25.0 Å². The Balaban J connectivity index is 1.73. The van der Waals surface area contributed by atoms with Crippen LogP contribution in [0.25, 0.3) is 0 Å². The number of ether oxygens (including phenoxy) is 1. The number of nitrogen functional groups attached to an aromatic ring is 1. The van der Waals surface area contributed by atoms with Crippen LogP contribution in [0, 0.1) is 0 Å². The first-order chi connectivity index (χ1) is 12.2. The Hall–Kier alpha value is -3.55. The van der Waals surface area contributed by atoms with E-state index >= 15 is 0 Å². The fourth-order valence-electron chi connectivity index (χ4n) is 2.15. The molecule has 2 aromatic heterocycles. The zero-order valence-electron chi connectivity index (χ0n) is 13.5. The van der Waals surface area contributed by atoms with Gasteiger partial charge in [0.2, 0.25) is 0 Å². The van der Waals surface area contributed by atoms with Crippen LogP contribution in [0.5, 0.6) is 0 Å². The van der Waals surface area contributed by atoms with Gasteiger partial charge in [-0.25, -0.2) is 9.48 Å². The molecule has 0 aliphatic rings. The molecule has 0 bridgehead atoms. The lowest BCUT2D eigenvalue weighted by Gasteiger charge is -2.03. The highest BCUT2D eigenvalue weighted by molar-refractivity contribution is 5.89. The van der Waals surface area contributed by atoms with Crippen molar-refractivity contribution in [2.24, 2.45) is 10.2 Å². The SMILES string of the molecule is COC(=O)c1ccc(/N=N/c2cnn(Cc3cccnc3)c2N)cc1. The molecule has 3 aromatic rings. The molecule has 25 heavy (non-hydrogen) atoms. The van der Waals surface area contributed by atoms with Crippen molar-refractivity contribution in [1.82, 2.24) is 14.8 Å². The molecule has 0 fully saturated rings. The van der Waals surface area contributed by atoms with E-state index in [1.165, 1.54) is 7.11 Å². The van der Waals surface area contributed by atoms with Gasteiger partial charge in [0.15, 0.2) is 0 Å². The summed E-state index contributed by atoms with van der Waals surface area (Å²) < 4.78 is 6.28. The van der Waals surface area contributed by atoms with Crippen molar-refractivity contribution in [2.75, 3.05) is 12.8 Å². The Morgan fingerprint density at radius 1 is 1.20 bits per heavy atom. The minimum absolute atomic E-state index is 0.399. The molecule has 0 saturated heterocycles. The Morgan fingerprint density at radius 2 is 2.00 bits per heavy atom. The smallest absolute Gasteiger partial charge is 0.337 e. The second-order valence-corrected chi connectivity index (χ2v) is 5.17. The number of anilines is 1. The fourth-order valence-corrected chi connectivity index (χ4v) is 2.15. The predicted molar refractivity (Wildman–Crippen MR) is 91.9 cm³/mol. The average molecular weight is 336 g/mol. The van der Waals surface area contributed by atoms with E-state index in [0.717, 1.165) is 5.56 Å². The lowest BCUT2D eigenvalue weighted by atomic mass is 10.2. The molecule has 1 aromatic carbocycles. The van der Waals surface area contributed by atoms with Gasteiger partial charge in [-0.1, -0.05) is 6.07 Å². The van der Waals surface area contributed by atoms with Crippen LogP contribution in [0.2, 0.25) is 0 Å². The van der Waals surface area contributed by atoms with Gasteiger partial charge < -0.3 is 10.5 Å². The van der Waals surface area contributed by atoms with Crippen molar-refractivity contribution in [3.63, 3.8) is 0 Å². The normalized spacial score (nSPS) is 10.9.